The van der Waals surface area contributed by atoms with Crippen molar-refractivity contribution in [3.8, 4) is 0 Å². The van der Waals surface area contributed by atoms with E-state index in [-0.39, 0.29) is 5.56 Å². The van der Waals surface area contributed by atoms with Crippen LogP contribution in [0.15, 0.2) is 23.1 Å². The van der Waals surface area contributed by atoms with Crippen LogP contribution in [0.5, 0.6) is 0 Å². The van der Waals surface area contributed by atoms with Gasteiger partial charge in [0.25, 0.3) is 0 Å². The summed E-state index contributed by atoms with van der Waals surface area (Å²) in [6, 6.07) is 3.93. The number of fused-ring (bicyclic) bond motifs is 6. The molecule has 5 nitrogen and oxygen atoms in total. The molecule has 0 radical (unpaired) electrons. The van der Waals surface area contributed by atoms with E-state index in [1.807, 2.05) is 12.1 Å². The van der Waals surface area contributed by atoms with Crippen LogP contribution in [0.1, 0.15) is 29.4 Å². The molecule has 1 aliphatic carbocycles. The summed E-state index contributed by atoms with van der Waals surface area (Å²) in [5.41, 5.74) is 3.41. The number of aromatic nitrogens is 2. The zero-order valence-corrected chi connectivity index (χ0v) is 9.77. The SMILES string of the molecule is O=c1c[n+]([O-])c2cc3c(cc2[nH]1)C1CNCC3C1. The lowest BCUT2D eigenvalue weighted by Crippen LogP contribution is -2.32. The van der Waals surface area contributed by atoms with E-state index in [0.717, 1.165) is 25.7 Å². The van der Waals surface area contributed by atoms with Gasteiger partial charge < -0.3 is 15.5 Å². The Morgan fingerprint density at radius 1 is 1.22 bits per heavy atom. The van der Waals surface area contributed by atoms with Crippen LogP contribution < -0.4 is 15.6 Å². The molecule has 0 spiro atoms. The second-order valence-electron chi connectivity index (χ2n) is 5.23. The monoisotopic (exact) mass is 243 g/mol. The topological polar surface area (TPSA) is 71.8 Å². The van der Waals surface area contributed by atoms with Crippen LogP contribution in [0.3, 0.4) is 0 Å². The molecule has 1 saturated heterocycles. The van der Waals surface area contributed by atoms with Crippen molar-refractivity contribution in [2.45, 2.75) is 18.3 Å². The van der Waals surface area contributed by atoms with Crippen molar-refractivity contribution in [1.29, 1.82) is 0 Å². The molecule has 1 fully saturated rings. The Morgan fingerprint density at radius 2 is 1.94 bits per heavy atom. The first-order valence-corrected chi connectivity index (χ1v) is 6.23. The van der Waals surface area contributed by atoms with Crippen LogP contribution in [0.4, 0.5) is 0 Å². The number of H-pyrrole nitrogens is 1. The molecule has 0 saturated carbocycles. The van der Waals surface area contributed by atoms with E-state index in [2.05, 4.69) is 10.3 Å². The Bertz CT molecular complexity index is 707. The fraction of sp³-hybridized carbons (Fsp3) is 0.385. The van der Waals surface area contributed by atoms with E-state index in [4.69, 9.17) is 0 Å². The number of nitrogens with zero attached hydrogens (tertiary/aromatic N) is 1. The summed E-state index contributed by atoms with van der Waals surface area (Å²) in [7, 11) is 0. The molecular weight excluding hydrogens is 230 g/mol. The molecule has 2 N–H and O–H groups in total. The first-order valence-electron chi connectivity index (χ1n) is 6.23. The predicted molar refractivity (Wildman–Crippen MR) is 66.5 cm³/mol. The maximum atomic E-state index is 11.8. The average Bonchev–Trinajstić information content (AvgIpc) is 2.59. The minimum atomic E-state index is -0.350. The van der Waals surface area contributed by atoms with Crippen molar-refractivity contribution in [2.75, 3.05) is 13.1 Å². The third kappa shape index (κ3) is 1.25. The summed E-state index contributed by atoms with van der Waals surface area (Å²) in [6.07, 6.45) is 2.20. The third-order valence-electron chi connectivity index (χ3n) is 4.16. The largest absolute Gasteiger partial charge is 0.618 e. The molecule has 2 aliphatic rings. The number of aromatic amines is 1. The van der Waals surface area contributed by atoms with Crippen molar-refractivity contribution < 1.29 is 4.73 Å². The Morgan fingerprint density at radius 3 is 2.72 bits per heavy atom. The molecule has 2 bridgehead atoms. The summed E-state index contributed by atoms with van der Waals surface area (Å²) < 4.78 is 0.671. The predicted octanol–water partition coefficient (Wildman–Crippen LogP) is 0.336. The normalized spacial score (nSPS) is 25.3. The number of hydrogen-bond acceptors (Lipinski definition) is 3. The molecule has 92 valence electrons. The lowest BCUT2D eigenvalue weighted by Gasteiger charge is -2.19. The van der Waals surface area contributed by atoms with Gasteiger partial charge in [0.15, 0.2) is 0 Å². The van der Waals surface area contributed by atoms with Gasteiger partial charge in [0, 0.05) is 19.2 Å². The van der Waals surface area contributed by atoms with Gasteiger partial charge in [-0.1, -0.05) is 0 Å². The second kappa shape index (κ2) is 3.32. The van der Waals surface area contributed by atoms with Gasteiger partial charge in [0.2, 0.25) is 11.7 Å². The lowest BCUT2D eigenvalue weighted by molar-refractivity contribution is -0.578. The summed E-state index contributed by atoms with van der Waals surface area (Å²) in [5, 5.41) is 15.2. The van der Waals surface area contributed by atoms with E-state index >= 15 is 0 Å². The van der Waals surface area contributed by atoms with Crippen LogP contribution >= 0.6 is 0 Å². The first kappa shape index (κ1) is 10.1. The minimum Gasteiger partial charge on any atom is -0.618 e. The van der Waals surface area contributed by atoms with Gasteiger partial charge in [-0.2, -0.15) is 4.73 Å². The van der Waals surface area contributed by atoms with Crippen LogP contribution in [0, 0.1) is 5.21 Å². The molecular formula is C13H13N3O2. The van der Waals surface area contributed by atoms with E-state index in [9.17, 15) is 10.0 Å². The van der Waals surface area contributed by atoms with Crippen molar-refractivity contribution in [1.82, 2.24) is 10.3 Å². The Labute approximate surface area is 103 Å². The summed E-state index contributed by atoms with van der Waals surface area (Å²) >= 11 is 0. The molecule has 2 unspecified atom stereocenters. The molecule has 1 aromatic heterocycles. The maximum Gasteiger partial charge on any atom is 0.314 e. The van der Waals surface area contributed by atoms with Gasteiger partial charge >= 0.3 is 5.56 Å². The molecule has 1 aliphatic heterocycles. The summed E-state index contributed by atoms with van der Waals surface area (Å²) in [4.78, 5) is 14.1. The third-order valence-corrected chi connectivity index (χ3v) is 4.16. The van der Waals surface area contributed by atoms with E-state index in [1.165, 1.54) is 11.1 Å². The summed E-state index contributed by atoms with van der Waals surface area (Å²) in [5.74, 6) is 1.03. The van der Waals surface area contributed by atoms with E-state index in [1.54, 1.807) is 0 Å². The Hall–Kier alpha value is -1.88. The number of piperidine rings is 1. The number of nitrogens with one attached hydrogen (secondary N) is 2. The first-order chi connectivity index (χ1) is 8.72. The minimum absolute atomic E-state index is 0.350. The van der Waals surface area contributed by atoms with Crippen LogP contribution in [-0.2, 0) is 0 Å². The van der Waals surface area contributed by atoms with Gasteiger partial charge in [-0.15, -0.1) is 0 Å². The van der Waals surface area contributed by atoms with Gasteiger partial charge in [-0.05, 0) is 35.4 Å². The molecule has 2 atom stereocenters. The zero-order chi connectivity index (χ0) is 12.3. The number of hydrogen-bond donors (Lipinski definition) is 2. The maximum absolute atomic E-state index is 11.8. The molecule has 4 rings (SSSR count). The second-order valence-corrected chi connectivity index (χ2v) is 5.23. The van der Waals surface area contributed by atoms with Gasteiger partial charge in [0.05, 0.1) is 0 Å². The van der Waals surface area contributed by atoms with Crippen molar-refractivity contribution in [3.05, 3.63) is 45.0 Å². The smallest absolute Gasteiger partial charge is 0.314 e. The van der Waals surface area contributed by atoms with E-state index < -0.39 is 0 Å². The highest BCUT2D eigenvalue weighted by Gasteiger charge is 2.35. The fourth-order valence-corrected chi connectivity index (χ4v) is 3.37. The Balaban J connectivity index is 2.05. The van der Waals surface area contributed by atoms with Crippen LogP contribution in [0.2, 0.25) is 0 Å². The number of rotatable bonds is 0. The fourth-order valence-electron chi connectivity index (χ4n) is 3.37. The zero-order valence-electron chi connectivity index (χ0n) is 9.77. The molecule has 18 heavy (non-hydrogen) atoms. The summed E-state index contributed by atoms with van der Waals surface area (Å²) in [6.45, 7) is 1.97. The van der Waals surface area contributed by atoms with Gasteiger partial charge in [0.1, 0.15) is 5.52 Å². The number of benzene rings is 1. The van der Waals surface area contributed by atoms with Crippen LogP contribution in [-0.4, -0.2) is 18.1 Å². The average molecular weight is 243 g/mol. The highest BCUT2D eigenvalue weighted by atomic mass is 16.5. The lowest BCUT2D eigenvalue weighted by atomic mass is 9.98. The van der Waals surface area contributed by atoms with Gasteiger partial charge in [-0.25, -0.2) is 0 Å². The van der Waals surface area contributed by atoms with Crippen molar-refractivity contribution in [3.63, 3.8) is 0 Å². The van der Waals surface area contributed by atoms with Crippen LogP contribution in [0.25, 0.3) is 11.0 Å². The molecule has 0 amide bonds. The molecule has 1 aromatic carbocycles. The quantitative estimate of drug-likeness (QED) is 0.517. The van der Waals surface area contributed by atoms with Gasteiger partial charge in [-0.3, -0.25) is 4.79 Å². The van der Waals surface area contributed by atoms with E-state index in [0.29, 0.717) is 27.6 Å². The van der Waals surface area contributed by atoms with Crippen molar-refractivity contribution >= 4 is 11.0 Å². The molecule has 5 heteroatoms. The Kier molecular flexibility index (Phi) is 1.86. The van der Waals surface area contributed by atoms with Crippen molar-refractivity contribution in [2.24, 2.45) is 0 Å². The molecule has 2 aromatic rings. The highest BCUT2D eigenvalue weighted by molar-refractivity contribution is 5.74. The molecule has 2 heterocycles. The highest BCUT2D eigenvalue weighted by Crippen LogP contribution is 2.44. The standard InChI is InChI=1S/C13H13N3O2/c17-13-6-16(18)12-3-10-8-1-7(4-14-5-8)9(10)2-11(12)15-13/h2-3,6-8,14H,1,4-5H2,(H,15,17).